The highest BCUT2D eigenvalue weighted by molar-refractivity contribution is 5.82. The molecule has 0 aliphatic carbocycles. The molecule has 80 valence electrons. The van der Waals surface area contributed by atoms with E-state index in [9.17, 15) is 4.79 Å². The van der Waals surface area contributed by atoms with E-state index in [1.54, 1.807) is 19.3 Å². The standard InChI is InChI=1S/C11H18O3/c1-4-5-6-7-11(12)14-9-8-10(2)13-3/h4-7,10H,8-9H2,1-3H3. The third kappa shape index (κ3) is 7.55. The maximum atomic E-state index is 11.0. The van der Waals surface area contributed by atoms with E-state index in [2.05, 4.69) is 0 Å². The largest absolute Gasteiger partial charge is 0.462 e. The summed E-state index contributed by atoms with van der Waals surface area (Å²) in [6, 6.07) is 0. The lowest BCUT2D eigenvalue weighted by molar-refractivity contribution is -0.138. The van der Waals surface area contributed by atoms with E-state index in [1.807, 2.05) is 19.9 Å². The first-order valence-corrected chi connectivity index (χ1v) is 4.69. The summed E-state index contributed by atoms with van der Waals surface area (Å²) >= 11 is 0. The van der Waals surface area contributed by atoms with Crippen LogP contribution in [0.2, 0.25) is 0 Å². The molecule has 0 aromatic carbocycles. The van der Waals surface area contributed by atoms with Crippen molar-refractivity contribution in [1.29, 1.82) is 0 Å². The molecule has 0 aromatic heterocycles. The summed E-state index contributed by atoms with van der Waals surface area (Å²) in [6.45, 7) is 4.22. The Labute approximate surface area is 85.4 Å². The highest BCUT2D eigenvalue weighted by atomic mass is 16.5. The Bertz CT molecular complexity index is 207. The molecule has 3 heteroatoms. The fraction of sp³-hybridized carbons (Fsp3) is 0.545. The van der Waals surface area contributed by atoms with Crippen molar-refractivity contribution >= 4 is 5.97 Å². The normalized spacial score (nSPS) is 13.6. The molecule has 0 N–H and O–H groups in total. The van der Waals surface area contributed by atoms with Crippen molar-refractivity contribution < 1.29 is 14.3 Å². The molecular formula is C11H18O3. The van der Waals surface area contributed by atoms with Gasteiger partial charge in [0.2, 0.25) is 0 Å². The molecule has 3 nitrogen and oxygen atoms in total. The van der Waals surface area contributed by atoms with Crippen LogP contribution in [0.1, 0.15) is 20.3 Å². The van der Waals surface area contributed by atoms with Crippen molar-refractivity contribution in [2.24, 2.45) is 0 Å². The van der Waals surface area contributed by atoms with E-state index in [0.717, 1.165) is 6.42 Å². The van der Waals surface area contributed by atoms with Crippen LogP contribution >= 0.6 is 0 Å². The summed E-state index contributed by atoms with van der Waals surface area (Å²) in [4.78, 5) is 11.0. The molecule has 0 aliphatic rings. The van der Waals surface area contributed by atoms with Crippen LogP contribution in [0.5, 0.6) is 0 Å². The van der Waals surface area contributed by atoms with Gasteiger partial charge < -0.3 is 9.47 Å². The Morgan fingerprint density at radius 3 is 2.71 bits per heavy atom. The number of ether oxygens (including phenoxy) is 2. The van der Waals surface area contributed by atoms with Crippen LogP contribution < -0.4 is 0 Å². The lowest BCUT2D eigenvalue weighted by Gasteiger charge is -2.08. The SMILES string of the molecule is CC=CC=CC(=O)OCCC(C)OC. The first kappa shape index (κ1) is 12.9. The topological polar surface area (TPSA) is 35.5 Å². The molecule has 0 saturated heterocycles. The minimum Gasteiger partial charge on any atom is -0.462 e. The number of carbonyl (C=O) groups excluding carboxylic acids is 1. The molecule has 0 saturated carbocycles. The van der Waals surface area contributed by atoms with Gasteiger partial charge in [0.25, 0.3) is 0 Å². The van der Waals surface area contributed by atoms with Crippen molar-refractivity contribution in [1.82, 2.24) is 0 Å². The van der Waals surface area contributed by atoms with Gasteiger partial charge in [0.05, 0.1) is 12.7 Å². The Hall–Kier alpha value is -1.09. The average molecular weight is 198 g/mol. The van der Waals surface area contributed by atoms with Gasteiger partial charge in [-0.25, -0.2) is 4.79 Å². The van der Waals surface area contributed by atoms with Crippen molar-refractivity contribution in [2.75, 3.05) is 13.7 Å². The number of rotatable bonds is 6. The molecule has 14 heavy (non-hydrogen) atoms. The predicted molar refractivity (Wildman–Crippen MR) is 56.0 cm³/mol. The number of hydrogen-bond donors (Lipinski definition) is 0. The summed E-state index contributed by atoms with van der Waals surface area (Å²) < 4.78 is 9.93. The van der Waals surface area contributed by atoms with Gasteiger partial charge in [0.15, 0.2) is 0 Å². The number of carbonyl (C=O) groups is 1. The molecule has 0 fully saturated rings. The fourth-order valence-electron chi connectivity index (χ4n) is 0.737. The Balaban J connectivity index is 3.54. The number of allylic oxidation sites excluding steroid dienone is 3. The van der Waals surface area contributed by atoms with Gasteiger partial charge >= 0.3 is 5.97 Å². The summed E-state index contributed by atoms with van der Waals surface area (Å²) in [6.07, 6.45) is 7.53. The van der Waals surface area contributed by atoms with Crippen LogP contribution in [0.15, 0.2) is 24.3 Å². The van der Waals surface area contributed by atoms with Crippen LogP contribution in [0.4, 0.5) is 0 Å². The first-order chi connectivity index (χ1) is 6.70. The molecular weight excluding hydrogens is 180 g/mol. The summed E-state index contributed by atoms with van der Waals surface area (Å²) in [7, 11) is 1.64. The van der Waals surface area contributed by atoms with E-state index in [4.69, 9.17) is 9.47 Å². The van der Waals surface area contributed by atoms with Gasteiger partial charge in [0, 0.05) is 19.6 Å². The number of hydrogen-bond acceptors (Lipinski definition) is 3. The van der Waals surface area contributed by atoms with Gasteiger partial charge in [0.1, 0.15) is 0 Å². The molecule has 1 unspecified atom stereocenters. The highest BCUT2D eigenvalue weighted by Gasteiger charge is 2.01. The average Bonchev–Trinajstić information content (AvgIpc) is 2.18. The van der Waals surface area contributed by atoms with Crippen LogP contribution in [0.25, 0.3) is 0 Å². The number of methoxy groups -OCH3 is 1. The van der Waals surface area contributed by atoms with E-state index in [-0.39, 0.29) is 12.1 Å². The van der Waals surface area contributed by atoms with Crippen LogP contribution in [-0.2, 0) is 14.3 Å². The zero-order valence-corrected chi connectivity index (χ0v) is 9.03. The van der Waals surface area contributed by atoms with E-state index < -0.39 is 0 Å². The second-order valence-corrected chi connectivity index (χ2v) is 2.89. The quantitative estimate of drug-likeness (QED) is 0.372. The molecule has 1 atom stereocenters. The third-order valence-electron chi connectivity index (χ3n) is 1.71. The fourth-order valence-corrected chi connectivity index (χ4v) is 0.737. The van der Waals surface area contributed by atoms with Crippen LogP contribution in [-0.4, -0.2) is 25.8 Å². The van der Waals surface area contributed by atoms with Gasteiger partial charge in [-0.3, -0.25) is 0 Å². The summed E-state index contributed by atoms with van der Waals surface area (Å²) in [5.41, 5.74) is 0. The van der Waals surface area contributed by atoms with E-state index in [0.29, 0.717) is 6.61 Å². The first-order valence-electron chi connectivity index (χ1n) is 4.69. The third-order valence-corrected chi connectivity index (χ3v) is 1.71. The lowest BCUT2D eigenvalue weighted by atomic mass is 10.3. The monoisotopic (exact) mass is 198 g/mol. The molecule has 0 spiro atoms. The Morgan fingerprint density at radius 2 is 2.14 bits per heavy atom. The lowest BCUT2D eigenvalue weighted by Crippen LogP contribution is -2.11. The number of esters is 1. The maximum absolute atomic E-state index is 11.0. The van der Waals surface area contributed by atoms with Gasteiger partial charge in [-0.1, -0.05) is 18.2 Å². The maximum Gasteiger partial charge on any atom is 0.330 e. The summed E-state index contributed by atoms with van der Waals surface area (Å²) in [5.74, 6) is -0.314. The second-order valence-electron chi connectivity index (χ2n) is 2.89. The van der Waals surface area contributed by atoms with Crippen molar-refractivity contribution in [3.05, 3.63) is 24.3 Å². The smallest absolute Gasteiger partial charge is 0.330 e. The van der Waals surface area contributed by atoms with Gasteiger partial charge in [-0.05, 0) is 13.8 Å². The highest BCUT2D eigenvalue weighted by Crippen LogP contribution is 1.95. The Morgan fingerprint density at radius 1 is 1.43 bits per heavy atom. The second kappa shape index (κ2) is 8.51. The van der Waals surface area contributed by atoms with Crippen molar-refractivity contribution in [2.45, 2.75) is 26.4 Å². The minimum absolute atomic E-state index is 0.127. The van der Waals surface area contributed by atoms with Crippen molar-refractivity contribution in [3.8, 4) is 0 Å². The molecule has 0 amide bonds. The van der Waals surface area contributed by atoms with E-state index >= 15 is 0 Å². The predicted octanol–water partition coefficient (Wildman–Crippen LogP) is 2.09. The Kier molecular flexibility index (Phi) is 7.84. The minimum atomic E-state index is -0.314. The molecule has 0 aromatic rings. The zero-order chi connectivity index (χ0) is 10.8. The zero-order valence-electron chi connectivity index (χ0n) is 9.03. The molecule has 0 radical (unpaired) electrons. The molecule has 0 bridgehead atoms. The van der Waals surface area contributed by atoms with Gasteiger partial charge in [-0.15, -0.1) is 0 Å². The molecule has 0 rings (SSSR count). The molecule has 0 heterocycles. The summed E-state index contributed by atoms with van der Waals surface area (Å²) in [5, 5.41) is 0. The molecule has 0 aliphatic heterocycles. The van der Waals surface area contributed by atoms with Gasteiger partial charge in [-0.2, -0.15) is 0 Å². The van der Waals surface area contributed by atoms with Crippen molar-refractivity contribution in [3.63, 3.8) is 0 Å². The van der Waals surface area contributed by atoms with Crippen LogP contribution in [0.3, 0.4) is 0 Å². The van der Waals surface area contributed by atoms with Crippen LogP contribution in [0, 0.1) is 0 Å². The van der Waals surface area contributed by atoms with E-state index in [1.165, 1.54) is 6.08 Å².